The van der Waals surface area contributed by atoms with Crippen molar-refractivity contribution in [1.29, 1.82) is 0 Å². The first-order valence-electron chi connectivity index (χ1n) is 5.67. The minimum Gasteiger partial charge on any atom is -0.350 e. The predicted octanol–water partition coefficient (Wildman–Crippen LogP) is 1.59. The highest BCUT2D eigenvalue weighted by atomic mass is 16.1. The average molecular weight is 223 g/mol. The van der Waals surface area contributed by atoms with Gasteiger partial charge in [-0.25, -0.2) is 0 Å². The first-order chi connectivity index (χ1) is 7.76. The third kappa shape index (κ3) is 5.46. The molecule has 0 bridgehead atoms. The molecule has 0 saturated heterocycles. The van der Waals surface area contributed by atoms with Gasteiger partial charge in [-0.15, -0.1) is 0 Å². The third-order valence-corrected chi connectivity index (χ3v) is 1.86. The molecule has 1 aromatic rings. The number of nitrogens with two attached hydrogens (primary N) is 1. The van der Waals surface area contributed by atoms with E-state index in [1.807, 2.05) is 39.0 Å². The topological polar surface area (TPSA) is 68.0 Å². The van der Waals surface area contributed by atoms with E-state index in [0.717, 1.165) is 11.4 Å². The highest BCUT2D eigenvalue weighted by Crippen LogP contribution is 1.98. The number of pyridine rings is 1. The van der Waals surface area contributed by atoms with Crippen molar-refractivity contribution < 1.29 is 4.79 Å². The standard InChI is InChI=1S/C10H15N3O.C2H6/c1-2-10(14)12-7-9-5-3-4-8(6-11)13-9;1-2/h3-5H,2,6-7,11H2,1H3,(H,12,14);1-2H3. The van der Waals surface area contributed by atoms with Gasteiger partial charge in [0.15, 0.2) is 0 Å². The van der Waals surface area contributed by atoms with Crippen molar-refractivity contribution in [3.05, 3.63) is 29.6 Å². The zero-order chi connectivity index (χ0) is 12.4. The van der Waals surface area contributed by atoms with Crippen LogP contribution in [0.25, 0.3) is 0 Å². The maximum Gasteiger partial charge on any atom is 0.220 e. The van der Waals surface area contributed by atoms with Crippen LogP contribution in [0.15, 0.2) is 18.2 Å². The Labute approximate surface area is 97.3 Å². The van der Waals surface area contributed by atoms with Gasteiger partial charge in [-0.05, 0) is 12.1 Å². The molecule has 0 saturated carbocycles. The van der Waals surface area contributed by atoms with E-state index in [1.165, 1.54) is 0 Å². The first-order valence-corrected chi connectivity index (χ1v) is 5.67. The van der Waals surface area contributed by atoms with Crippen LogP contribution in [0.1, 0.15) is 38.6 Å². The van der Waals surface area contributed by atoms with Crippen molar-refractivity contribution in [2.45, 2.75) is 40.3 Å². The summed E-state index contributed by atoms with van der Waals surface area (Å²) in [6.07, 6.45) is 0.497. The van der Waals surface area contributed by atoms with E-state index in [-0.39, 0.29) is 5.91 Å². The average Bonchev–Trinajstić information content (AvgIpc) is 2.38. The molecule has 1 heterocycles. The fourth-order valence-electron chi connectivity index (χ4n) is 1.06. The summed E-state index contributed by atoms with van der Waals surface area (Å²) in [5, 5.41) is 2.76. The number of hydrogen-bond donors (Lipinski definition) is 2. The Hall–Kier alpha value is -1.42. The molecule has 1 rings (SSSR count). The zero-order valence-electron chi connectivity index (χ0n) is 10.3. The van der Waals surface area contributed by atoms with Crippen LogP contribution < -0.4 is 11.1 Å². The maximum absolute atomic E-state index is 11.0. The molecule has 1 aromatic heterocycles. The second kappa shape index (κ2) is 8.85. The molecule has 0 unspecified atom stereocenters. The number of nitrogens with zero attached hydrogens (tertiary/aromatic N) is 1. The Balaban J connectivity index is 0.00000106. The highest BCUT2D eigenvalue weighted by Gasteiger charge is 1.99. The molecule has 0 aliphatic carbocycles. The molecule has 0 radical (unpaired) electrons. The van der Waals surface area contributed by atoms with Gasteiger partial charge in [0.25, 0.3) is 0 Å². The molecule has 1 amide bonds. The maximum atomic E-state index is 11.0. The number of carbonyl (C=O) groups is 1. The summed E-state index contributed by atoms with van der Waals surface area (Å²) in [4.78, 5) is 15.2. The smallest absolute Gasteiger partial charge is 0.220 e. The zero-order valence-corrected chi connectivity index (χ0v) is 10.3. The molecule has 0 spiro atoms. The van der Waals surface area contributed by atoms with Crippen molar-refractivity contribution in [2.75, 3.05) is 0 Å². The van der Waals surface area contributed by atoms with Gasteiger partial charge in [0, 0.05) is 13.0 Å². The Morgan fingerprint density at radius 1 is 1.38 bits per heavy atom. The molecule has 3 N–H and O–H groups in total. The van der Waals surface area contributed by atoms with Gasteiger partial charge in [0.2, 0.25) is 5.91 Å². The Bertz CT molecular complexity index is 313. The lowest BCUT2D eigenvalue weighted by atomic mass is 10.3. The summed E-state index contributed by atoms with van der Waals surface area (Å²) in [7, 11) is 0. The predicted molar refractivity (Wildman–Crippen MR) is 65.6 cm³/mol. The van der Waals surface area contributed by atoms with Gasteiger partial charge in [-0.1, -0.05) is 26.8 Å². The fourth-order valence-corrected chi connectivity index (χ4v) is 1.06. The van der Waals surface area contributed by atoms with Crippen LogP contribution in [0, 0.1) is 0 Å². The lowest BCUT2D eigenvalue weighted by Crippen LogP contribution is -2.22. The van der Waals surface area contributed by atoms with Crippen molar-refractivity contribution in [3.8, 4) is 0 Å². The lowest BCUT2D eigenvalue weighted by molar-refractivity contribution is -0.120. The lowest BCUT2D eigenvalue weighted by Gasteiger charge is -2.04. The molecule has 0 aliphatic heterocycles. The summed E-state index contributed by atoms with van der Waals surface area (Å²) in [5.41, 5.74) is 7.13. The van der Waals surface area contributed by atoms with Gasteiger partial charge in [0.05, 0.1) is 17.9 Å². The number of amides is 1. The van der Waals surface area contributed by atoms with Crippen molar-refractivity contribution in [1.82, 2.24) is 10.3 Å². The van der Waals surface area contributed by atoms with Crippen molar-refractivity contribution >= 4 is 5.91 Å². The van der Waals surface area contributed by atoms with Crippen molar-refractivity contribution in [3.63, 3.8) is 0 Å². The normalized spacial score (nSPS) is 9.00. The third-order valence-electron chi connectivity index (χ3n) is 1.86. The Morgan fingerprint density at radius 3 is 2.56 bits per heavy atom. The molecule has 0 aliphatic rings. The minimum atomic E-state index is 0.0324. The molecule has 90 valence electrons. The van der Waals surface area contributed by atoms with Gasteiger partial charge < -0.3 is 11.1 Å². The van der Waals surface area contributed by atoms with E-state index in [9.17, 15) is 4.79 Å². The summed E-state index contributed by atoms with van der Waals surface area (Å²) in [6.45, 7) is 6.72. The van der Waals surface area contributed by atoms with Crippen LogP contribution >= 0.6 is 0 Å². The number of hydrogen-bond acceptors (Lipinski definition) is 3. The first kappa shape index (κ1) is 14.6. The fraction of sp³-hybridized carbons (Fsp3) is 0.500. The van der Waals surface area contributed by atoms with Gasteiger partial charge in [-0.3, -0.25) is 9.78 Å². The van der Waals surface area contributed by atoms with E-state index in [0.29, 0.717) is 19.5 Å². The molecular weight excluding hydrogens is 202 g/mol. The second-order valence-electron chi connectivity index (χ2n) is 2.95. The Kier molecular flexibility index (Phi) is 8.07. The van der Waals surface area contributed by atoms with E-state index < -0.39 is 0 Å². The minimum absolute atomic E-state index is 0.0324. The van der Waals surface area contributed by atoms with Crippen molar-refractivity contribution in [2.24, 2.45) is 5.73 Å². The quantitative estimate of drug-likeness (QED) is 0.814. The summed E-state index contributed by atoms with van der Waals surface area (Å²) >= 11 is 0. The molecule has 4 nitrogen and oxygen atoms in total. The Morgan fingerprint density at radius 2 is 2.00 bits per heavy atom. The number of nitrogens with one attached hydrogen (secondary N) is 1. The summed E-state index contributed by atoms with van der Waals surface area (Å²) in [6, 6.07) is 5.63. The summed E-state index contributed by atoms with van der Waals surface area (Å²) in [5.74, 6) is 0.0324. The van der Waals surface area contributed by atoms with Gasteiger partial charge in [0.1, 0.15) is 0 Å². The van der Waals surface area contributed by atoms with E-state index >= 15 is 0 Å². The molecule has 16 heavy (non-hydrogen) atoms. The SMILES string of the molecule is CC.CCC(=O)NCc1cccc(CN)n1. The monoisotopic (exact) mass is 223 g/mol. The van der Waals surface area contributed by atoms with Gasteiger partial charge >= 0.3 is 0 Å². The number of carbonyl (C=O) groups excluding carboxylic acids is 1. The van der Waals surface area contributed by atoms with Crippen LogP contribution in [-0.4, -0.2) is 10.9 Å². The molecule has 4 heteroatoms. The second-order valence-corrected chi connectivity index (χ2v) is 2.95. The van der Waals surface area contributed by atoms with E-state index in [2.05, 4.69) is 10.3 Å². The largest absolute Gasteiger partial charge is 0.350 e. The molecule has 0 fully saturated rings. The van der Waals surface area contributed by atoms with E-state index in [4.69, 9.17) is 5.73 Å². The number of aromatic nitrogens is 1. The molecule has 0 aromatic carbocycles. The van der Waals surface area contributed by atoms with Crippen LogP contribution in [0.4, 0.5) is 0 Å². The van der Waals surface area contributed by atoms with Crippen LogP contribution in [-0.2, 0) is 17.9 Å². The van der Waals surface area contributed by atoms with Crippen LogP contribution in [0.5, 0.6) is 0 Å². The van der Waals surface area contributed by atoms with E-state index in [1.54, 1.807) is 0 Å². The summed E-state index contributed by atoms with van der Waals surface area (Å²) < 4.78 is 0. The van der Waals surface area contributed by atoms with Gasteiger partial charge in [-0.2, -0.15) is 0 Å². The number of rotatable bonds is 4. The van der Waals surface area contributed by atoms with Crippen LogP contribution in [0.2, 0.25) is 0 Å². The molecular formula is C12H21N3O. The highest BCUT2D eigenvalue weighted by molar-refractivity contribution is 5.75. The molecule has 0 atom stereocenters. The van der Waals surface area contributed by atoms with Crippen LogP contribution in [0.3, 0.4) is 0 Å².